The van der Waals surface area contributed by atoms with Crippen molar-refractivity contribution < 1.29 is 19.8 Å². The van der Waals surface area contributed by atoms with Gasteiger partial charge in [0.05, 0.1) is 13.0 Å². The van der Waals surface area contributed by atoms with Crippen LogP contribution in [0.15, 0.2) is 24.3 Å². The molecule has 4 N–H and O–H groups in total. The molecule has 6 heteroatoms. The summed E-state index contributed by atoms with van der Waals surface area (Å²) in [5, 5.41) is 23.2. The number of hydrogen-bond donors (Lipinski definition) is 4. The second-order valence-electron chi connectivity index (χ2n) is 5.22. The van der Waals surface area contributed by atoms with Gasteiger partial charge < -0.3 is 20.8 Å². The van der Waals surface area contributed by atoms with Gasteiger partial charge in [0.25, 0.3) is 0 Å². The zero-order chi connectivity index (χ0) is 15.2. The number of hydrogen-bond acceptors (Lipinski definition) is 3. The number of carboxylic acids is 1. The lowest BCUT2D eigenvalue weighted by atomic mass is 9.88. The highest BCUT2D eigenvalue weighted by Crippen LogP contribution is 2.19. The average Bonchev–Trinajstić information content (AvgIpc) is 2.36. The molecule has 0 saturated heterocycles. The van der Waals surface area contributed by atoms with Crippen LogP contribution in [-0.2, 0) is 4.79 Å². The van der Waals surface area contributed by atoms with Crippen molar-refractivity contribution in [3.8, 4) is 0 Å². The van der Waals surface area contributed by atoms with Crippen molar-refractivity contribution in [2.75, 3.05) is 18.5 Å². The van der Waals surface area contributed by atoms with Crippen molar-refractivity contribution in [3.05, 3.63) is 29.8 Å². The zero-order valence-electron chi connectivity index (χ0n) is 11.6. The van der Waals surface area contributed by atoms with Gasteiger partial charge in [0, 0.05) is 17.6 Å². The molecular formula is C14H20N2O4. The molecule has 6 nitrogen and oxygen atoms in total. The van der Waals surface area contributed by atoms with Gasteiger partial charge in [0.1, 0.15) is 0 Å². The van der Waals surface area contributed by atoms with Crippen LogP contribution in [0.5, 0.6) is 0 Å². The first-order chi connectivity index (χ1) is 9.34. The number of urea groups is 1. The number of nitrogens with one attached hydrogen (secondary N) is 2. The highest BCUT2D eigenvalue weighted by atomic mass is 16.4. The Bertz CT molecular complexity index is 490. The van der Waals surface area contributed by atoms with E-state index in [0.717, 1.165) is 5.56 Å². The summed E-state index contributed by atoms with van der Waals surface area (Å²) in [5.41, 5.74) is 0.802. The van der Waals surface area contributed by atoms with Crippen molar-refractivity contribution in [2.24, 2.45) is 5.41 Å². The molecule has 0 aliphatic carbocycles. The maximum atomic E-state index is 11.7. The molecule has 0 saturated carbocycles. The van der Waals surface area contributed by atoms with Crippen molar-refractivity contribution >= 4 is 17.7 Å². The first kappa shape index (κ1) is 16.0. The molecule has 0 aliphatic rings. The summed E-state index contributed by atoms with van der Waals surface area (Å²) >= 11 is 0. The predicted octanol–water partition coefficient (Wildman–Crippen LogP) is 1.59. The molecule has 110 valence electrons. The summed E-state index contributed by atoms with van der Waals surface area (Å²) in [6.07, 6.45) is -0.214. The van der Waals surface area contributed by atoms with Crippen molar-refractivity contribution in [1.82, 2.24) is 5.32 Å². The first-order valence-corrected chi connectivity index (χ1v) is 6.29. The molecule has 0 heterocycles. The van der Waals surface area contributed by atoms with Crippen molar-refractivity contribution in [2.45, 2.75) is 20.3 Å². The van der Waals surface area contributed by atoms with Crippen molar-refractivity contribution in [1.29, 1.82) is 0 Å². The van der Waals surface area contributed by atoms with E-state index in [1.54, 1.807) is 13.0 Å². The van der Waals surface area contributed by atoms with Gasteiger partial charge in [-0.15, -0.1) is 0 Å². The first-order valence-electron chi connectivity index (χ1n) is 6.29. The number of carboxylic acid groups (broad SMARTS) is 1. The maximum absolute atomic E-state index is 11.7. The van der Waals surface area contributed by atoms with E-state index in [1.165, 1.54) is 0 Å². The van der Waals surface area contributed by atoms with Crippen LogP contribution in [0.3, 0.4) is 0 Å². The normalized spacial score (nSPS) is 13.3. The van der Waals surface area contributed by atoms with Gasteiger partial charge in [-0.2, -0.15) is 0 Å². The largest absolute Gasteiger partial charge is 0.481 e. The van der Waals surface area contributed by atoms with E-state index in [9.17, 15) is 14.7 Å². The lowest BCUT2D eigenvalue weighted by Gasteiger charge is -2.25. The summed E-state index contributed by atoms with van der Waals surface area (Å²) in [6, 6.07) is 6.89. The highest BCUT2D eigenvalue weighted by molar-refractivity contribution is 5.89. The minimum Gasteiger partial charge on any atom is -0.481 e. The molecule has 1 aromatic rings. The van der Waals surface area contributed by atoms with E-state index >= 15 is 0 Å². The fraction of sp³-hybridized carbons (Fsp3) is 0.429. The topological polar surface area (TPSA) is 98.7 Å². The molecule has 1 rings (SSSR count). The molecule has 1 aromatic carbocycles. The number of anilines is 1. The van der Waals surface area contributed by atoms with Crippen LogP contribution >= 0.6 is 0 Å². The van der Waals surface area contributed by atoms with Gasteiger partial charge >= 0.3 is 12.0 Å². The number of carbonyl (C=O) groups excluding carboxylic acids is 1. The summed E-state index contributed by atoms with van der Waals surface area (Å²) in [5.74, 6) is -1.01. The lowest BCUT2D eigenvalue weighted by Crippen LogP contribution is -2.41. The van der Waals surface area contributed by atoms with E-state index < -0.39 is 17.4 Å². The fourth-order valence-corrected chi connectivity index (χ4v) is 1.73. The second-order valence-corrected chi connectivity index (χ2v) is 5.22. The molecule has 0 radical (unpaired) electrons. The average molecular weight is 280 g/mol. The molecule has 0 aliphatic heterocycles. The number of carbonyl (C=O) groups is 2. The molecule has 2 amide bonds. The van der Waals surface area contributed by atoms with Crippen LogP contribution in [0.1, 0.15) is 18.9 Å². The quantitative estimate of drug-likeness (QED) is 0.636. The zero-order valence-corrected chi connectivity index (χ0v) is 11.6. The standard InChI is InChI=1S/C14H20N2O4/c1-10-4-3-5-11(6-10)16-13(20)15-8-14(2,9-17)7-12(18)19/h3-6,17H,7-9H2,1-2H3,(H,18,19)(H2,15,16,20). The van der Waals surface area contributed by atoms with Gasteiger partial charge in [-0.3, -0.25) is 4.79 Å². The molecule has 0 fully saturated rings. The summed E-state index contributed by atoms with van der Waals surface area (Å²) in [4.78, 5) is 22.4. The van der Waals surface area contributed by atoms with Crippen LogP contribution in [0, 0.1) is 12.3 Å². The third-order valence-corrected chi connectivity index (χ3v) is 2.91. The highest BCUT2D eigenvalue weighted by Gasteiger charge is 2.27. The Morgan fingerprint density at radius 3 is 2.60 bits per heavy atom. The van der Waals surface area contributed by atoms with Crippen LogP contribution in [0.25, 0.3) is 0 Å². The van der Waals surface area contributed by atoms with Crippen LogP contribution < -0.4 is 10.6 Å². The number of aliphatic hydroxyl groups is 1. The molecular weight excluding hydrogens is 260 g/mol. The molecule has 0 spiro atoms. The number of aliphatic carboxylic acids is 1. The van der Waals surface area contributed by atoms with Gasteiger partial charge in [0.2, 0.25) is 0 Å². The second kappa shape index (κ2) is 6.91. The van der Waals surface area contributed by atoms with E-state index in [4.69, 9.17) is 5.11 Å². The molecule has 1 atom stereocenters. The Morgan fingerprint density at radius 2 is 2.05 bits per heavy atom. The van der Waals surface area contributed by atoms with Crippen LogP contribution in [0.4, 0.5) is 10.5 Å². The third-order valence-electron chi connectivity index (χ3n) is 2.91. The summed E-state index contributed by atoms with van der Waals surface area (Å²) < 4.78 is 0. The number of amides is 2. The smallest absolute Gasteiger partial charge is 0.319 e. The SMILES string of the molecule is Cc1cccc(NC(=O)NCC(C)(CO)CC(=O)O)c1. The Balaban J connectivity index is 2.52. The number of aliphatic hydroxyl groups excluding tert-OH is 1. The Hall–Kier alpha value is -2.08. The van der Waals surface area contributed by atoms with Gasteiger partial charge in [-0.1, -0.05) is 19.1 Å². The Labute approximate surface area is 117 Å². The van der Waals surface area contributed by atoms with E-state index in [2.05, 4.69) is 10.6 Å². The van der Waals surface area contributed by atoms with Gasteiger partial charge in [0.15, 0.2) is 0 Å². The number of rotatable bonds is 6. The van der Waals surface area contributed by atoms with Gasteiger partial charge in [-0.05, 0) is 24.6 Å². The summed E-state index contributed by atoms with van der Waals surface area (Å²) in [7, 11) is 0. The fourth-order valence-electron chi connectivity index (χ4n) is 1.73. The minimum atomic E-state index is -1.01. The predicted molar refractivity (Wildman–Crippen MR) is 75.6 cm³/mol. The van der Waals surface area contributed by atoms with Crippen LogP contribution in [0.2, 0.25) is 0 Å². The van der Waals surface area contributed by atoms with Crippen molar-refractivity contribution in [3.63, 3.8) is 0 Å². The number of aryl methyl sites for hydroxylation is 1. The molecule has 20 heavy (non-hydrogen) atoms. The molecule has 0 bridgehead atoms. The van der Waals surface area contributed by atoms with Gasteiger partial charge in [-0.25, -0.2) is 4.79 Å². The monoisotopic (exact) mass is 280 g/mol. The maximum Gasteiger partial charge on any atom is 0.319 e. The Morgan fingerprint density at radius 1 is 1.35 bits per heavy atom. The van der Waals surface area contributed by atoms with E-state index in [0.29, 0.717) is 5.69 Å². The van der Waals surface area contributed by atoms with Crippen LogP contribution in [-0.4, -0.2) is 35.4 Å². The third kappa shape index (κ3) is 5.27. The summed E-state index contributed by atoms with van der Waals surface area (Å²) in [6.45, 7) is 3.28. The van der Waals surface area contributed by atoms with E-state index in [-0.39, 0.29) is 19.6 Å². The molecule has 0 aromatic heterocycles. The van der Waals surface area contributed by atoms with E-state index in [1.807, 2.05) is 25.1 Å². The molecule has 1 unspecified atom stereocenters. The number of benzene rings is 1. The Kier molecular flexibility index (Phi) is 5.52. The minimum absolute atomic E-state index is 0.0768. The lowest BCUT2D eigenvalue weighted by molar-refractivity contribution is -0.140.